The molecule has 0 spiro atoms. The average molecular weight is 241 g/mol. The number of primary amides is 1. The van der Waals surface area contributed by atoms with Gasteiger partial charge in [-0.05, 0) is 24.3 Å². The number of hydrogen-bond acceptors (Lipinski definition) is 3. The lowest BCUT2D eigenvalue weighted by molar-refractivity contribution is 0.1000. The third kappa shape index (κ3) is 2.48. The highest BCUT2D eigenvalue weighted by Crippen LogP contribution is 2.21. The summed E-state index contributed by atoms with van der Waals surface area (Å²) in [5.74, 6) is -0.441. The maximum Gasteiger partial charge on any atom is 0.248 e. The summed E-state index contributed by atoms with van der Waals surface area (Å²) in [5.41, 5.74) is 8.54. The topological polar surface area (TPSA) is 59.2 Å². The molecule has 1 heterocycles. The van der Waals surface area contributed by atoms with Crippen molar-refractivity contribution in [2.75, 3.05) is 19.0 Å². The molecule has 0 aliphatic carbocycles. The van der Waals surface area contributed by atoms with Gasteiger partial charge < -0.3 is 10.6 Å². The van der Waals surface area contributed by atoms with E-state index < -0.39 is 5.91 Å². The van der Waals surface area contributed by atoms with E-state index >= 15 is 0 Å². The predicted octanol–water partition coefficient (Wildman–Crippen LogP) is 1.91. The van der Waals surface area contributed by atoms with Gasteiger partial charge in [0.1, 0.15) is 0 Å². The molecule has 0 bridgehead atoms. The smallest absolute Gasteiger partial charge is 0.248 e. The Labute approximate surface area is 106 Å². The van der Waals surface area contributed by atoms with E-state index in [4.69, 9.17) is 5.73 Å². The molecular weight excluding hydrogens is 226 g/mol. The molecule has 0 radical (unpaired) electrons. The van der Waals surface area contributed by atoms with Crippen molar-refractivity contribution in [2.45, 2.75) is 0 Å². The number of hydrogen-bond donors (Lipinski definition) is 1. The number of rotatable bonds is 3. The first-order valence-electron chi connectivity index (χ1n) is 5.61. The largest absolute Gasteiger partial charge is 0.378 e. The van der Waals surface area contributed by atoms with E-state index in [0.29, 0.717) is 5.56 Å². The van der Waals surface area contributed by atoms with E-state index in [2.05, 4.69) is 4.98 Å². The monoisotopic (exact) mass is 241 g/mol. The molecule has 1 amide bonds. The quantitative estimate of drug-likeness (QED) is 0.893. The summed E-state index contributed by atoms with van der Waals surface area (Å²) in [5, 5.41) is 0. The Hall–Kier alpha value is -2.36. The van der Waals surface area contributed by atoms with Gasteiger partial charge in [-0.2, -0.15) is 0 Å². The van der Waals surface area contributed by atoms with Gasteiger partial charge in [0, 0.05) is 37.1 Å². The Morgan fingerprint density at radius 2 is 1.83 bits per heavy atom. The molecule has 4 nitrogen and oxygen atoms in total. The number of benzene rings is 1. The van der Waals surface area contributed by atoms with Crippen LogP contribution in [-0.4, -0.2) is 25.0 Å². The zero-order valence-corrected chi connectivity index (χ0v) is 10.4. The lowest BCUT2D eigenvalue weighted by Gasteiger charge is -2.12. The highest BCUT2D eigenvalue weighted by molar-refractivity contribution is 5.93. The fraction of sp³-hybridized carbons (Fsp3) is 0.143. The number of nitrogens with two attached hydrogens (primary N) is 1. The van der Waals surface area contributed by atoms with E-state index in [0.717, 1.165) is 16.9 Å². The van der Waals surface area contributed by atoms with Gasteiger partial charge >= 0.3 is 0 Å². The van der Waals surface area contributed by atoms with Crippen LogP contribution in [0.1, 0.15) is 10.4 Å². The zero-order valence-electron chi connectivity index (χ0n) is 10.4. The van der Waals surface area contributed by atoms with E-state index in [1.165, 1.54) is 0 Å². The fourth-order valence-corrected chi connectivity index (χ4v) is 1.67. The summed E-state index contributed by atoms with van der Waals surface area (Å²) in [7, 11) is 3.97. The number of pyridine rings is 1. The van der Waals surface area contributed by atoms with Crippen molar-refractivity contribution in [3.63, 3.8) is 0 Å². The summed E-state index contributed by atoms with van der Waals surface area (Å²) >= 11 is 0. The van der Waals surface area contributed by atoms with Gasteiger partial charge in [-0.3, -0.25) is 9.78 Å². The molecule has 0 unspecified atom stereocenters. The van der Waals surface area contributed by atoms with E-state index in [1.54, 1.807) is 18.3 Å². The van der Waals surface area contributed by atoms with Crippen molar-refractivity contribution >= 4 is 11.6 Å². The molecule has 0 aliphatic heterocycles. The van der Waals surface area contributed by atoms with Crippen molar-refractivity contribution in [1.82, 2.24) is 4.98 Å². The molecule has 0 saturated carbocycles. The number of carbonyl (C=O) groups is 1. The van der Waals surface area contributed by atoms with Crippen molar-refractivity contribution in [3.05, 3.63) is 48.2 Å². The average Bonchev–Trinajstić information content (AvgIpc) is 2.39. The molecule has 2 N–H and O–H groups in total. The Kier molecular flexibility index (Phi) is 3.28. The Bertz CT molecular complexity index is 562. The van der Waals surface area contributed by atoms with Crippen LogP contribution in [0.2, 0.25) is 0 Å². The predicted molar refractivity (Wildman–Crippen MR) is 72.5 cm³/mol. The van der Waals surface area contributed by atoms with Crippen LogP contribution in [0.15, 0.2) is 42.6 Å². The number of nitrogens with zero attached hydrogens (tertiary/aromatic N) is 2. The Morgan fingerprint density at radius 1 is 1.17 bits per heavy atom. The highest BCUT2D eigenvalue weighted by Gasteiger charge is 2.04. The molecule has 0 saturated heterocycles. The van der Waals surface area contributed by atoms with Crippen LogP contribution >= 0.6 is 0 Å². The van der Waals surface area contributed by atoms with Crippen LogP contribution in [0.25, 0.3) is 11.3 Å². The van der Waals surface area contributed by atoms with Gasteiger partial charge in [-0.15, -0.1) is 0 Å². The third-order valence-corrected chi connectivity index (χ3v) is 2.72. The summed E-state index contributed by atoms with van der Waals surface area (Å²) in [6.07, 6.45) is 1.59. The first kappa shape index (κ1) is 12.1. The van der Waals surface area contributed by atoms with Crippen molar-refractivity contribution in [2.24, 2.45) is 5.73 Å². The highest BCUT2D eigenvalue weighted by atomic mass is 16.1. The molecule has 4 heteroatoms. The van der Waals surface area contributed by atoms with Crippen LogP contribution in [0.3, 0.4) is 0 Å². The minimum Gasteiger partial charge on any atom is -0.378 e. The number of carbonyl (C=O) groups excluding carboxylic acids is 1. The normalized spacial score (nSPS) is 10.1. The molecule has 0 aliphatic rings. The first-order chi connectivity index (χ1) is 8.58. The van der Waals surface area contributed by atoms with Gasteiger partial charge in [0.05, 0.1) is 5.69 Å². The second-order valence-corrected chi connectivity index (χ2v) is 4.24. The Balaban J connectivity index is 2.36. The van der Waals surface area contributed by atoms with Crippen molar-refractivity contribution in [1.29, 1.82) is 0 Å². The van der Waals surface area contributed by atoms with E-state index in [-0.39, 0.29) is 0 Å². The van der Waals surface area contributed by atoms with Gasteiger partial charge in [0.15, 0.2) is 0 Å². The fourth-order valence-electron chi connectivity index (χ4n) is 1.67. The van der Waals surface area contributed by atoms with Crippen molar-refractivity contribution < 1.29 is 4.79 Å². The lowest BCUT2D eigenvalue weighted by atomic mass is 10.1. The standard InChI is InChI=1S/C14H15N3O/c1-17(2)12-5-3-10(4-6-12)13-9-11(14(15)18)7-8-16-13/h3-9H,1-2H3,(H2,15,18). The summed E-state index contributed by atoms with van der Waals surface area (Å²) in [6, 6.07) is 11.3. The summed E-state index contributed by atoms with van der Waals surface area (Å²) < 4.78 is 0. The van der Waals surface area contributed by atoms with Gasteiger partial charge in [0.25, 0.3) is 0 Å². The molecular formula is C14H15N3O. The minimum atomic E-state index is -0.441. The number of aromatic nitrogens is 1. The molecule has 1 aromatic heterocycles. The van der Waals surface area contributed by atoms with Gasteiger partial charge in [-0.1, -0.05) is 12.1 Å². The summed E-state index contributed by atoms with van der Waals surface area (Å²) in [6.45, 7) is 0. The minimum absolute atomic E-state index is 0.441. The lowest BCUT2D eigenvalue weighted by Crippen LogP contribution is -2.11. The molecule has 92 valence electrons. The molecule has 18 heavy (non-hydrogen) atoms. The van der Waals surface area contributed by atoms with E-state index in [9.17, 15) is 4.79 Å². The van der Waals surface area contributed by atoms with Crippen LogP contribution < -0.4 is 10.6 Å². The molecule has 2 aromatic rings. The molecule has 0 fully saturated rings. The van der Waals surface area contributed by atoms with Crippen molar-refractivity contribution in [3.8, 4) is 11.3 Å². The molecule has 2 rings (SSSR count). The second kappa shape index (κ2) is 4.87. The maximum atomic E-state index is 11.1. The van der Waals surface area contributed by atoms with Crippen LogP contribution in [0, 0.1) is 0 Å². The second-order valence-electron chi connectivity index (χ2n) is 4.24. The van der Waals surface area contributed by atoms with Gasteiger partial charge in [0.2, 0.25) is 5.91 Å². The SMILES string of the molecule is CN(C)c1ccc(-c2cc(C(N)=O)ccn2)cc1. The van der Waals surface area contributed by atoms with Crippen LogP contribution in [0.4, 0.5) is 5.69 Å². The van der Waals surface area contributed by atoms with Crippen LogP contribution in [-0.2, 0) is 0 Å². The maximum absolute atomic E-state index is 11.1. The third-order valence-electron chi connectivity index (χ3n) is 2.72. The summed E-state index contributed by atoms with van der Waals surface area (Å²) in [4.78, 5) is 17.4. The number of anilines is 1. The molecule has 1 aromatic carbocycles. The van der Waals surface area contributed by atoms with E-state index in [1.807, 2.05) is 43.3 Å². The number of amides is 1. The van der Waals surface area contributed by atoms with Crippen LogP contribution in [0.5, 0.6) is 0 Å². The zero-order chi connectivity index (χ0) is 13.1. The van der Waals surface area contributed by atoms with Gasteiger partial charge in [-0.25, -0.2) is 0 Å². The first-order valence-corrected chi connectivity index (χ1v) is 5.61. The molecule has 0 atom stereocenters. The Morgan fingerprint density at radius 3 is 2.39 bits per heavy atom.